The van der Waals surface area contributed by atoms with Crippen molar-refractivity contribution in [2.75, 3.05) is 11.9 Å². The zero-order valence-corrected chi connectivity index (χ0v) is 10.2. The highest BCUT2D eigenvalue weighted by atomic mass is 79.9. The molecule has 0 amide bonds. The fourth-order valence-electron chi connectivity index (χ4n) is 0.931. The van der Waals surface area contributed by atoms with Crippen LogP contribution in [0.3, 0.4) is 0 Å². The minimum absolute atomic E-state index is 0.771. The molecule has 0 aliphatic heterocycles. The molecule has 0 aromatic carbocycles. The van der Waals surface area contributed by atoms with E-state index in [-0.39, 0.29) is 0 Å². The largest absolute Gasteiger partial charge is 0.366 e. The summed E-state index contributed by atoms with van der Waals surface area (Å²) in [5, 5.41) is 3.21. The smallest absolute Gasteiger partial charge is 0.144 e. The summed E-state index contributed by atoms with van der Waals surface area (Å²) in [6, 6.07) is 0. The van der Waals surface area contributed by atoms with Crippen LogP contribution >= 0.6 is 15.9 Å². The lowest BCUT2D eigenvalue weighted by atomic mass is 10.3. The molecule has 0 saturated heterocycles. The molecule has 0 atom stereocenters. The first kappa shape index (κ1) is 11.2. The van der Waals surface area contributed by atoms with Crippen molar-refractivity contribution in [1.82, 2.24) is 9.97 Å². The molecule has 0 aliphatic rings. The third-order valence-corrected chi connectivity index (χ3v) is 2.22. The van der Waals surface area contributed by atoms with Crippen molar-refractivity contribution in [3.05, 3.63) is 28.1 Å². The second-order valence-electron chi connectivity index (χ2n) is 3.28. The molecule has 0 fully saturated rings. The van der Waals surface area contributed by atoms with E-state index >= 15 is 0 Å². The van der Waals surface area contributed by atoms with Gasteiger partial charge in [0.2, 0.25) is 0 Å². The first-order valence-corrected chi connectivity index (χ1v) is 5.25. The highest BCUT2D eigenvalue weighted by Gasteiger charge is 2.00. The van der Waals surface area contributed by atoms with Gasteiger partial charge in [-0.3, -0.25) is 0 Å². The standard InChI is InChI=1S/C10H14BrN3/c1-7(2)4-5-12-10-9(11)6-13-8(3)14-10/h4,6H,5H2,1-3H3,(H,12,13,14). The summed E-state index contributed by atoms with van der Waals surface area (Å²) in [5.41, 5.74) is 1.29. The van der Waals surface area contributed by atoms with E-state index in [0.717, 1.165) is 22.7 Å². The fraction of sp³-hybridized carbons (Fsp3) is 0.400. The zero-order chi connectivity index (χ0) is 10.6. The van der Waals surface area contributed by atoms with Crippen LogP contribution in [0, 0.1) is 6.92 Å². The number of halogens is 1. The van der Waals surface area contributed by atoms with Gasteiger partial charge in [0.05, 0.1) is 4.47 Å². The predicted molar refractivity (Wildman–Crippen MR) is 62.4 cm³/mol. The second-order valence-corrected chi connectivity index (χ2v) is 4.13. The maximum atomic E-state index is 4.27. The third kappa shape index (κ3) is 3.46. The van der Waals surface area contributed by atoms with E-state index in [1.54, 1.807) is 6.20 Å². The minimum atomic E-state index is 0.771. The minimum Gasteiger partial charge on any atom is -0.366 e. The number of allylic oxidation sites excluding steroid dienone is 1. The molecule has 0 saturated carbocycles. The first-order valence-electron chi connectivity index (χ1n) is 4.46. The molecule has 4 heteroatoms. The summed E-state index contributed by atoms with van der Waals surface area (Å²) in [6.45, 7) is 6.81. The second kappa shape index (κ2) is 5.10. The van der Waals surface area contributed by atoms with Crippen LogP contribution in [0.4, 0.5) is 5.82 Å². The molecule has 76 valence electrons. The van der Waals surface area contributed by atoms with Gasteiger partial charge in [0.25, 0.3) is 0 Å². The van der Waals surface area contributed by atoms with Crippen LogP contribution < -0.4 is 5.32 Å². The summed E-state index contributed by atoms with van der Waals surface area (Å²) < 4.78 is 0.894. The van der Waals surface area contributed by atoms with Gasteiger partial charge in [0, 0.05) is 12.7 Å². The molecule has 0 spiro atoms. The number of hydrogen-bond acceptors (Lipinski definition) is 3. The molecular formula is C10H14BrN3. The summed E-state index contributed by atoms with van der Waals surface area (Å²) in [6.07, 6.45) is 3.87. The Labute approximate surface area is 92.8 Å². The maximum absolute atomic E-state index is 4.27. The highest BCUT2D eigenvalue weighted by Crippen LogP contribution is 2.17. The topological polar surface area (TPSA) is 37.8 Å². The van der Waals surface area contributed by atoms with Crippen LogP contribution in [0.25, 0.3) is 0 Å². The van der Waals surface area contributed by atoms with Crippen molar-refractivity contribution in [3.63, 3.8) is 0 Å². The van der Waals surface area contributed by atoms with Crippen molar-refractivity contribution in [2.24, 2.45) is 0 Å². The number of anilines is 1. The lowest BCUT2D eigenvalue weighted by Gasteiger charge is -2.05. The average Bonchev–Trinajstić information content (AvgIpc) is 2.10. The van der Waals surface area contributed by atoms with Crippen molar-refractivity contribution in [2.45, 2.75) is 20.8 Å². The quantitative estimate of drug-likeness (QED) is 0.845. The highest BCUT2D eigenvalue weighted by molar-refractivity contribution is 9.10. The number of nitrogens with one attached hydrogen (secondary N) is 1. The Morgan fingerprint density at radius 1 is 1.57 bits per heavy atom. The van der Waals surface area contributed by atoms with Crippen LogP contribution in [0.2, 0.25) is 0 Å². The molecule has 14 heavy (non-hydrogen) atoms. The Kier molecular flexibility index (Phi) is 4.07. The Bertz CT molecular complexity index is 343. The predicted octanol–water partition coefficient (Wildman–Crippen LogP) is 2.93. The van der Waals surface area contributed by atoms with E-state index in [1.807, 2.05) is 6.92 Å². The van der Waals surface area contributed by atoms with Gasteiger partial charge >= 0.3 is 0 Å². The SMILES string of the molecule is CC(C)=CCNc1nc(C)ncc1Br. The Hall–Kier alpha value is -0.900. The van der Waals surface area contributed by atoms with Crippen LogP contribution in [0.1, 0.15) is 19.7 Å². The Balaban J connectivity index is 2.67. The Morgan fingerprint density at radius 2 is 2.29 bits per heavy atom. The van der Waals surface area contributed by atoms with Crippen molar-refractivity contribution >= 4 is 21.7 Å². The van der Waals surface area contributed by atoms with E-state index in [1.165, 1.54) is 5.57 Å². The molecule has 0 aliphatic carbocycles. The van der Waals surface area contributed by atoms with Crippen molar-refractivity contribution in [1.29, 1.82) is 0 Å². The van der Waals surface area contributed by atoms with E-state index in [2.05, 4.69) is 51.1 Å². The summed E-state index contributed by atoms with van der Waals surface area (Å²) in [5.74, 6) is 1.61. The molecule has 0 unspecified atom stereocenters. The molecule has 1 rings (SSSR count). The maximum Gasteiger partial charge on any atom is 0.144 e. The van der Waals surface area contributed by atoms with Gasteiger partial charge < -0.3 is 5.32 Å². The van der Waals surface area contributed by atoms with E-state index in [0.29, 0.717) is 0 Å². The van der Waals surface area contributed by atoms with Crippen LogP contribution in [-0.4, -0.2) is 16.5 Å². The van der Waals surface area contributed by atoms with Crippen LogP contribution in [0.15, 0.2) is 22.3 Å². The molecular weight excluding hydrogens is 242 g/mol. The van der Waals surface area contributed by atoms with Gasteiger partial charge in [0.1, 0.15) is 11.6 Å². The number of aryl methyl sites for hydroxylation is 1. The van der Waals surface area contributed by atoms with Crippen molar-refractivity contribution in [3.8, 4) is 0 Å². The monoisotopic (exact) mass is 255 g/mol. The molecule has 1 aromatic heterocycles. The van der Waals surface area contributed by atoms with Gasteiger partial charge in [-0.25, -0.2) is 9.97 Å². The van der Waals surface area contributed by atoms with E-state index < -0.39 is 0 Å². The molecule has 0 radical (unpaired) electrons. The van der Waals surface area contributed by atoms with Gasteiger partial charge in [-0.1, -0.05) is 11.6 Å². The number of nitrogens with zero attached hydrogens (tertiary/aromatic N) is 2. The van der Waals surface area contributed by atoms with Gasteiger partial charge in [-0.15, -0.1) is 0 Å². The molecule has 1 aromatic rings. The van der Waals surface area contributed by atoms with Crippen LogP contribution in [0.5, 0.6) is 0 Å². The summed E-state index contributed by atoms with van der Waals surface area (Å²) in [7, 11) is 0. The number of rotatable bonds is 3. The third-order valence-electron chi connectivity index (χ3n) is 1.64. The van der Waals surface area contributed by atoms with Crippen molar-refractivity contribution < 1.29 is 0 Å². The molecule has 1 heterocycles. The number of aromatic nitrogens is 2. The molecule has 1 N–H and O–H groups in total. The van der Waals surface area contributed by atoms with Crippen LogP contribution in [-0.2, 0) is 0 Å². The van der Waals surface area contributed by atoms with E-state index in [4.69, 9.17) is 0 Å². The van der Waals surface area contributed by atoms with Gasteiger partial charge in [-0.05, 0) is 36.7 Å². The Morgan fingerprint density at radius 3 is 2.93 bits per heavy atom. The summed E-state index contributed by atoms with van der Waals surface area (Å²) in [4.78, 5) is 8.34. The first-order chi connectivity index (χ1) is 6.59. The molecule has 3 nitrogen and oxygen atoms in total. The lowest BCUT2D eigenvalue weighted by Crippen LogP contribution is -2.03. The molecule has 0 bridgehead atoms. The summed E-state index contributed by atoms with van der Waals surface area (Å²) >= 11 is 3.39. The zero-order valence-electron chi connectivity index (χ0n) is 8.63. The lowest BCUT2D eigenvalue weighted by molar-refractivity contribution is 1.03. The average molecular weight is 256 g/mol. The normalized spacial score (nSPS) is 9.71. The van der Waals surface area contributed by atoms with E-state index in [9.17, 15) is 0 Å². The number of hydrogen-bond donors (Lipinski definition) is 1. The van der Waals surface area contributed by atoms with Gasteiger partial charge in [-0.2, -0.15) is 0 Å². The fourth-order valence-corrected chi connectivity index (χ4v) is 1.26. The van der Waals surface area contributed by atoms with Gasteiger partial charge in [0.15, 0.2) is 0 Å².